The summed E-state index contributed by atoms with van der Waals surface area (Å²) in [7, 11) is 0. The molecule has 56 heavy (non-hydrogen) atoms. The van der Waals surface area contributed by atoms with Gasteiger partial charge >= 0.3 is 0 Å². The lowest BCUT2D eigenvalue weighted by Gasteiger charge is -2.17. The zero-order valence-corrected chi connectivity index (χ0v) is 31.9. The molecule has 4 nitrogen and oxygen atoms in total. The Morgan fingerprint density at radius 1 is 0.571 bits per heavy atom. The van der Waals surface area contributed by atoms with E-state index in [9.17, 15) is 0 Å². The predicted molar refractivity (Wildman–Crippen MR) is 233 cm³/mol. The van der Waals surface area contributed by atoms with Crippen molar-refractivity contribution in [3.8, 4) is 44.9 Å². The van der Waals surface area contributed by atoms with Gasteiger partial charge in [0.2, 0.25) is 0 Å². The van der Waals surface area contributed by atoms with Crippen molar-refractivity contribution in [3.05, 3.63) is 186 Å². The summed E-state index contributed by atoms with van der Waals surface area (Å²) < 4.78 is 13.2. The van der Waals surface area contributed by atoms with Crippen LogP contribution >= 0.6 is 0 Å². The number of furan rings is 2. The summed E-state index contributed by atoms with van der Waals surface area (Å²) in [5.41, 5.74) is 14.2. The summed E-state index contributed by atoms with van der Waals surface area (Å²) in [4.78, 5) is 11.0. The van der Waals surface area contributed by atoms with Crippen molar-refractivity contribution >= 4 is 50.1 Å². The van der Waals surface area contributed by atoms with Crippen LogP contribution in [0.3, 0.4) is 0 Å². The van der Waals surface area contributed by atoms with E-state index < -0.39 is 0 Å². The lowest BCUT2D eigenvalue weighted by Crippen LogP contribution is -2.23. The first kappa shape index (κ1) is 34.7. The van der Waals surface area contributed by atoms with Crippen molar-refractivity contribution in [3.63, 3.8) is 0 Å². The second kappa shape index (κ2) is 14.7. The Labute approximate surface area is 326 Å². The Bertz CT molecular complexity index is 3120. The van der Waals surface area contributed by atoms with Crippen LogP contribution in [-0.4, -0.2) is 9.97 Å². The van der Waals surface area contributed by atoms with Gasteiger partial charge < -0.3 is 8.83 Å². The minimum Gasteiger partial charge on any atom is -0.456 e. The molecule has 0 N–H and O–H groups in total. The molecule has 0 aliphatic carbocycles. The van der Waals surface area contributed by atoms with Crippen LogP contribution < -0.4 is 10.6 Å². The molecule has 0 aliphatic rings. The fourth-order valence-electron chi connectivity index (χ4n) is 7.75. The normalized spacial score (nSPS) is 13.1. The summed E-state index contributed by atoms with van der Waals surface area (Å²) in [5.74, 6) is 0.615. The van der Waals surface area contributed by atoms with E-state index in [1.807, 2.05) is 55.5 Å². The van der Waals surface area contributed by atoms with E-state index in [1.54, 1.807) is 0 Å². The van der Waals surface area contributed by atoms with E-state index >= 15 is 0 Å². The van der Waals surface area contributed by atoms with E-state index in [-0.39, 0.29) is 0 Å². The van der Waals surface area contributed by atoms with Crippen LogP contribution in [0.15, 0.2) is 173 Å². The lowest BCUT2D eigenvalue weighted by molar-refractivity contribution is 0.572. The summed E-state index contributed by atoms with van der Waals surface area (Å²) >= 11 is 0. The molecule has 0 amide bonds. The van der Waals surface area contributed by atoms with Gasteiger partial charge in [0.25, 0.3) is 0 Å². The minimum absolute atomic E-state index is 0.615. The van der Waals surface area contributed by atoms with Crippen molar-refractivity contribution in [2.45, 2.75) is 27.7 Å². The van der Waals surface area contributed by atoms with E-state index in [0.717, 1.165) is 99.4 Å². The van der Waals surface area contributed by atoms with E-state index in [0.29, 0.717) is 5.82 Å². The van der Waals surface area contributed by atoms with Gasteiger partial charge in [-0.25, -0.2) is 9.97 Å². The number of rotatable bonds is 7. The number of fused-ring (bicyclic) bond motifs is 4. The quantitative estimate of drug-likeness (QED) is 0.154. The van der Waals surface area contributed by atoms with Gasteiger partial charge in [-0.05, 0) is 91.4 Å². The fourth-order valence-corrected chi connectivity index (χ4v) is 7.75. The molecule has 4 heteroatoms. The second-order valence-corrected chi connectivity index (χ2v) is 14.0. The van der Waals surface area contributed by atoms with Gasteiger partial charge in [-0.1, -0.05) is 140 Å². The topological polar surface area (TPSA) is 52.1 Å². The molecule has 270 valence electrons. The van der Waals surface area contributed by atoms with E-state index in [4.69, 9.17) is 18.8 Å². The largest absolute Gasteiger partial charge is 0.456 e. The SMILES string of the molecule is C/C=C\C=C(/C)c1cccc(-c2cccc(-c3ccccc3)c2-c2nc(/C(C)=c3\oc4ccccc4\c3=C\C)cc(-c3cccc4c3oc3ccccc34)n2)c1. The number of benzene rings is 6. The molecule has 9 aromatic rings. The lowest BCUT2D eigenvalue weighted by atomic mass is 9.90. The molecule has 0 unspecified atom stereocenters. The highest BCUT2D eigenvalue weighted by Crippen LogP contribution is 2.41. The van der Waals surface area contributed by atoms with Gasteiger partial charge in [-0.3, -0.25) is 0 Å². The molecule has 3 heterocycles. The van der Waals surface area contributed by atoms with E-state index in [1.165, 1.54) is 5.57 Å². The third-order valence-corrected chi connectivity index (χ3v) is 10.6. The van der Waals surface area contributed by atoms with Crippen LogP contribution in [0, 0.1) is 0 Å². The standard InChI is InChI=1S/C52H40N2O2/c1-5-7-18-33(3)36-21-15-22-37(31-36)40-26-16-25-39(35-19-9-8-10-20-35)49(40)52-53-45(34(4)50-38(6-2)41-23-11-13-29-47(41)55-50)32-46(54-52)44-28-17-27-43-42-24-12-14-30-48(42)56-51(43)44/h5-32H,1-4H3/b7-5-,33-18+,38-6-,50-34-. The molecule has 0 saturated heterocycles. The van der Waals surface area contributed by atoms with Crippen LogP contribution in [0.2, 0.25) is 0 Å². The second-order valence-electron chi connectivity index (χ2n) is 14.0. The van der Waals surface area contributed by atoms with Crippen molar-refractivity contribution in [2.75, 3.05) is 0 Å². The maximum atomic E-state index is 6.60. The van der Waals surface area contributed by atoms with Crippen LogP contribution in [0.25, 0.3) is 95.0 Å². The molecule has 0 atom stereocenters. The number of aromatic nitrogens is 2. The Balaban J connectivity index is 1.38. The van der Waals surface area contributed by atoms with Crippen LogP contribution in [-0.2, 0) is 0 Å². The number of allylic oxidation sites excluding steroid dienone is 4. The maximum Gasteiger partial charge on any atom is 0.161 e. The van der Waals surface area contributed by atoms with E-state index in [2.05, 4.69) is 142 Å². The van der Waals surface area contributed by atoms with Crippen LogP contribution in [0.5, 0.6) is 0 Å². The maximum absolute atomic E-state index is 6.60. The van der Waals surface area contributed by atoms with Crippen molar-refractivity contribution in [1.82, 2.24) is 9.97 Å². The summed E-state index contributed by atoms with van der Waals surface area (Å²) in [5, 5.41) is 4.23. The van der Waals surface area contributed by atoms with Gasteiger partial charge in [0.1, 0.15) is 22.2 Å². The highest BCUT2D eigenvalue weighted by molar-refractivity contribution is 6.09. The van der Waals surface area contributed by atoms with Crippen LogP contribution in [0.1, 0.15) is 39.0 Å². The molecule has 3 aromatic heterocycles. The smallest absolute Gasteiger partial charge is 0.161 e. The average Bonchev–Trinajstić information content (AvgIpc) is 3.84. The Kier molecular flexibility index (Phi) is 9.08. The molecule has 6 aromatic carbocycles. The number of hydrogen-bond donors (Lipinski definition) is 0. The number of nitrogens with zero attached hydrogens (tertiary/aromatic N) is 2. The molecule has 0 spiro atoms. The highest BCUT2D eigenvalue weighted by Gasteiger charge is 2.22. The van der Waals surface area contributed by atoms with Gasteiger partial charge in [-0.15, -0.1) is 0 Å². The number of para-hydroxylation sites is 3. The van der Waals surface area contributed by atoms with Gasteiger partial charge in [0.05, 0.1) is 11.4 Å². The van der Waals surface area contributed by atoms with Gasteiger partial charge in [0, 0.05) is 38.1 Å². The third kappa shape index (κ3) is 6.15. The Morgan fingerprint density at radius 3 is 2.00 bits per heavy atom. The molecule has 0 fully saturated rings. The molecule has 9 rings (SSSR count). The van der Waals surface area contributed by atoms with Crippen molar-refractivity contribution < 1.29 is 8.83 Å². The molecular formula is C52H40N2O2. The first-order chi connectivity index (χ1) is 27.5. The molecule has 0 bridgehead atoms. The number of hydrogen-bond acceptors (Lipinski definition) is 4. The summed E-state index contributed by atoms with van der Waals surface area (Å²) in [6.07, 6.45) is 8.39. The first-order valence-corrected chi connectivity index (χ1v) is 19.1. The fraction of sp³-hybridized carbons (Fsp3) is 0.0769. The predicted octanol–water partition coefficient (Wildman–Crippen LogP) is 12.8. The highest BCUT2D eigenvalue weighted by atomic mass is 16.3. The van der Waals surface area contributed by atoms with Crippen LogP contribution in [0.4, 0.5) is 0 Å². The molecule has 0 saturated carbocycles. The summed E-state index contributed by atoms with van der Waals surface area (Å²) in [6, 6.07) is 50.5. The molecule has 0 radical (unpaired) electrons. The minimum atomic E-state index is 0.615. The average molecular weight is 725 g/mol. The van der Waals surface area contributed by atoms with Crippen molar-refractivity contribution in [1.29, 1.82) is 0 Å². The molecular weight excluding hydrogens is 685 g/mol. The monoisotopic (exact) mass is 724 g/mol. The molecule has 0 aliphatic heterocycles. The Hall–Kier alpha value is -7.04. The zero-order valence-electron chi connectivity index (χ0n) is 31.9. The first-order valence-electron chi connectivity index (χ1n) is 19.1. The zero-order chi connectivity index (χ0) is 38.2. The van der Waals surface area contributed by atoms with Crippen molar-refractivity contribution in [2.24, 2.45) is 0 Å². The summed E-state index contributed by atoms with van der Waals surface area (Å²) in [6.45, 7) is 8.33. The Morgan fingerprint density at radius 2 is 1.21 bits per heavy atom. The van der Waals surface area contributed by atoms with Gasteiger partial charge in [0.15, 0.2) is 5.82 Å². The van der Waals surface area contributed by atoms with Gasteiger partial charge in [-0.2, -0.15) is 0 Å². The third-order valence-electron chi connectivity index (χ3n) is 10.6.